The number of rotatable bonds is 9. The molecule has 10 N–H and O–H groups in total. The average molecular weight is 2010 g/mol. The standard InChI is InChI=1S/C27H13Cl5O7.C27H11Cl5O6.C18H11Cl5O7.C10H8O2.CH4O3S/c28-18-16-17(19(29)21(31)20(18)30)27(39-26(16)37)13-5-1-9-7-11(33)3-4-12(9)24(13)38-25-14(27)8-10(2-6-15(34)35)23(36)22(25)32;28-18-16-17(19(29)21(31)20(18)30)27(38-26(16)35)13-5-1-9-7-11(33)3-4-12(9)24(13)37-25-14(27)8-10-2-6-15(34)36-23(10)22(25)32;1-30-7(24)3-2-5-4-6(17(27)14(23)15(5)25)16(26)8-9(18(28)29)11(20)13(22)12(21)10(8)19;11-8-4-5-9-7(6-8)2-1-3-10(9)12;1-5(2,3)4/h1,3-5,7-8,33,36H,2,6H2,(H,34,35);1,3-5,7-8,33H,2,6H2;4,25,27H,2-3H2,1H3,(H,28,29);1-6,11-12H;1H3,(H,2,3,4). The third kappa shape index (κ3) is 16.3. The van der Waals surface area contributed by atoms with Crippen LogP contribution in [-0.2, 0) is 69.2 Å². The summed E-state index contributed by atoms with van der Waals surface area (Å²) in [7, 11) is -2.50. The minimum absolute atomic E-state index is 0.0148. The number of phenolic OH excluding ortho intramolecular Hbond substituents is 7. The van der Waals surface area contributed by atoms with E-state index in [1.807, 2.05) is 6.07 Å². The number of aromatic carboxylic acids is 1. The van der Waals surface area contributed by atoms with Crippen molar-refractivity contribution in [2.24, 2.45) is 0 Å². The van der Waals surface area contributed by atoms with Crippen molar-refractivity contribution in [1.29, 1.82) is 0 Å². The van der Waals surface area contributed by atoms with Gasteiger partial charge in [-0.25, -0.2) is 14.4 Å². The van der Waals surface area contributed by atoms with Crippen molar-refractivity contribution < 1.29 is 121 Å². The van der Waals surface area contributed by atoms with Gasteiger partial charge in [-0.2, -0.15) is 8.42 Å². The molecule has 0 amide bonds. The Morgan fingerprint density at radius 3 is 1.34 bits per heavy atom. The average Bonchev–Trinajstić information content (AvgIpc) is 1.48. The Hall–Kier alpha value is -9.63. The zero-order valence-corrected chi connectivity index (χ0v) is 74.0. The number of hydrogen-bond acceptors (Lipinski definition) is 22. The van der Waals surface area contributed by atoms with E-state index in [1.165, 1.54) is 31.4 Å². The lowest BCUT2D eigenvalue weighted by molar-refractivity contribution is -0.140. The van der Waals surface area contributed by atoms with E-state index in [1.54, 1.807) is 78.9 Å². The molecule has 124 heavy (non-hydrogen) atoms. The summed E-state index contributed by atoms with van der Waals surface area (Å²) in [6.07, 6.45) is 0.533. The molecular weight excluding hydrogens is 1960 g/mol. The summed E-state index contributed by atoms with van der Waals surface area (Å²) >= 11 is 95.3. The Kier molecular flexibility index (Phi) is 26.2. The van der Waals surface area contributed by atoms with Crippen LogP contribution in [0.3, 0.4) is 0 Å². The second-order valence-electron chi connectivity index (χ2n) is 27.3. The second kappa shape index (κ2) is 35.3. The summed E-state index contributed by atoms with van der Waals surface area (Å²) in [5.74, 6) is -7.02. The number of carbonyl (C=O) groups is 7. The fourth-order valence-corrected chi connectivity index (χ4v) is 18.3. The maximum absolute atomic E-state index is 13.5. The molecule has 25 nitrogen and oxygen atoms in total. The number of carbonyl (C=O) groups excluding carboxylic acids is 5. The van der Waals surface area contributed by atoms with Crippen molar-refractivity contribution in [3.8, 4) is 69.0 Å². The van der Waals surface area contributed by atoms with Crippen LogP contribution in [0.1, 0.15) is 116 Å². The van der Waals surface area contributed by atoms with E-state index in [2.05, 4.69) is 4.74 Å². The van der Waals surface area contributed by atoms with Crippen molar-refractivity contribution >= 4 is 258 Å². The molecule has 17 rings (SSSR count). The molecule has 5 aliphatic rings. The van der Waals surface area contributed by atoms with Crippen molar-refractivity contribution in [2.45, 2.75) is 49.7 Å². The fourth-order valence-electron chi connectivity index (χ4n) is 14.4. The number of phenols is 7. The molecule has 640 valence electrons. The van der Waals surface area contributed by atoms with Gasteiger partial charge in [-0.1, -0.05) is 198 Å². The Morgan fingerprint density at radius 1 is 0.427 bits per heavy atom. The highest BCUT2D eigenvalue weighted by atomic mass is 35.5. The van der Waals surface area contributed by atoms with Gasteiger partial charge in [0.05, 0.1) is 108 Å². The van der Waals surface area contributed by atoms with Gasteiger partial charge in [0.1, 0.15) is 66.8 Å². The predicted octanol–water partition coefficient (Wildman–Crippen LogP) is 23.5. The van der Waals surface area contributed by atoms with Crippen LogP contribution in [0.2, 0.25) is 75.3 Å². The summed E-state index contributed by atoms with van der Waals surface area (Å²) in [5, 5.41) is 89.2. The maximum atomic E-state index is 13.5. The molecule has 0 saturated carbocycles. The molecule has 0 saturated heterocycles. The van der Waals surface area contributed by atoms with Crippen molar-refractivity contribution in [3.05, 3.63) is 268 Å². The lowest BCUT2D eigenvalue weighted by Crippen LogP contribution is -2.34. The molecule has 41 heteroatoms. The Balaban J connectivity index is 0.000000147. The highest BCUT2D eigenvalue weighted by Gasteiger charge is 2.60. The van der Waals surface area contributed by atoms with Crippen molar-refractivity contribution in [1.82, 2.24) is 0 Å². The van der Waals surface area contributed by atoms with Gasteiger partial charge < -0.3 is 74.4 Å². The highest BCUT2D eigenvalue weighted by Crippen LogP contribution is 2.67. The first-order valence-corrected chi connectivity index (χ1v) is 42.5. The number of esters is 4. The summed E-state index contributed by atoms with van der Waals surface area (Å²) in [5.41, 5.74) is -3.18. The van der Waals surface area contributed by atoms with Gasteiger partial charge >= 0.3 is 35.8 Å². The lowest BCUT2D eigenvalue weighted by Gasteiger charge is -2.38. The van der Waals surface area contributed by atoms with Crippen LogP contribution >= 0.6 is 174 Å². The monoisotopic (exact) mass is 2000 g/mol. The van der Waals surface area contributed by atoms with Gasteiger partial charge in [0.2, 0.25) is 0 Å². The van der Waals surface area contributed by atoms with Crippen LogP contribution in [-0.4, -0.2) is 114 Å². The summed E-state index contributed by atoms with van der Waals surface area (Å²) < 4.78 is 60.8. The first-order valence-electron chi connectivity index (χ1n) is 35.0. The molecule has 0 bridgehead atoms. The number of carboxylic acids is 2. The minimum Gasteiger partial charge on any atom is -0.508 e. The van der Waals surface area contributed by atoms with Crippen LogP contribution in [0.4, 0.5) is 0 Å². The number of methoxy groups -OCH3 is 1. The largest absolute Gasteiger partial charge is 0.508 e. The van der Waals surface area contributed by atoms with E-state index in [0.29, 0.717) is 56.5 Å². The van der Waals surface area contributed by atoms with Crippen LogP contribution in [0.25, 0.3) is 32.3 Å². The van der Waals surface area contributed by atoms with E-state index in [4.69, 9.17) is 207 Å². The number of aromatic hydroxyl groups is 7. The molecule has 0 radical (unpaired) electrons. The number of carboxylic acid groups (broad SMARTS) is 2. The molecule has 5 aliphatic heterocycles. The Labute approximate surface area is 772 Å². The quantitative estimate of drug-likeness (QED) is 0.0122. The van der Waals surface area contributed by atoms with E-state index < -0.39 is 112 Å². The lowest BCUT2D eigenvalue weighted by atomic mass is 9.76. The van der Waals surface area contributed by atoms with E-state index in [9.17, 15) is 82.8 Å². The number of ketones is 1. The SMILES string of the molecule is COC(=O)CCc1cc(C(=O)c2c(Cl)c(Cl)c(Cl)c(Cl)c2C(=O)O)c(O)c(Cl)c1O.CS(=O)(=O)O.O=C(O)CCc1cc2c(c(Cl)c1O)Oc1c(ccc3cc(O)ccc13)C21OC(=O)c2c(Cl)c(Cl)c(Cl)c(Cl)c21.O=C1CCc2cc3c(c(Cl)c2O1)Oc1c(ccc2cc(O)ccc12)C31OC(=O)c2c(Cl)c(Cl)c(Cl)c(Cl)c21.Oc1ccc2c(O)cccc2c1. The minimum atomic E-state index is -3.67. The van der Waals surface area contributed by atoms with Crippen LogP contribution in [0, 0.1) is 0 Å². The summed E-state index contributed by atoms with van der Waals surface area (Å²) in [4.78, 5) is 86.5. The molecule has 5 heterocycles. The van der Waals surface area contributed by atoms with Crippen molar-refractivity contribution in [2.75, 3.05) is 13.4 Å². The smallest absolute Gasteiger partial charge is 0.341 e. The summed E-state index contributed by atoms with van der Waals surface area (Å²) in [6.45, 7) is 0. The maximum Gasteiger partial charge on any atom is 0.341 e. The molecular formula is C83H47Cl15O25S. The van der Waals surface area contributed by atoms with E-state index >= 15 is 0 Å². The Morgan fingerprint density at radius 2 is 0.855 bits per heavy atom. The fraction of sp³-hybridized carbons (Fsp3) is 0.120. The number of halogens is 15. The number of aliphatic carboxylic acids is 1. The zero-order chi connectivity index (χ0) is 90.6. The van der Waals surface area contributed by atoms with Crippen LogP contribution in [0.15, 0.2) is 115 Å². The van der Waals surface area contributed by atoms with Crippen molar-refractivity contribution in [3.63, 3.8) is 0 Å². The van der Waals surface area contributed by atoms with E-state index in [-0.39, 0.29) is 183 Å². The van der Waals surface area contributed by atoms with Gasteiger partial charge in [0.15, 0.2) is 34.2 Å². The third-order valence-electron chi connectivity index (χ3n) is 19.8. The van der Waals surface area contributed by atoms with Gasteiger partial charge in [-0.15, -0.1) is 0 Å². The van der Waals surface area contributed by atoms with Gasteiger partial charge in [-0.05, 0) is 143 Å². The molecule has 0 fully saturated rings. The van der Waals surface area contributed by atoms with Crippen LogP contribution in [0.5, 0.6) is 69.0 Å². The molecule has 2 atom stereocenters. The molecule has 0 aromatic heterocycles. The van der Waals surface area contributed by atoms with E-state index in [0.717, 1.165) is 16.8 Å². The number of ether oxygens (including phenoxy) is 6. The topological polar surface area (TPSA) is 411 Å². The Bertz CT molecular complexity index is 6880. The number of aryl methyl sites for hydroxylation is 3. The number of benzene rings is 12. The van der Waals surface area contributed by atoms with Gasteiger partial charge in [0, 0.05) is 62.4 Å². The molecule has 12 aromatic carbocycles. The first kappa shape index (κ1) is 92.0. The number of hydrogen-bond donors (Lipinski definition) is 10. The first-order chi connectivity index (χ1) is 58.3. The third-order valence-corrected chi connectivity index (χ3v) is 26.3. The highest BCUT2D eigenvalue weighted by molar-refractivity contribution is 7.85. The van der Waals surface area contributed by atoms with Gasteiger partial charge in [-0.3, -0.25) is 23.7 Å². The number of fused-ring (bicyclic) bond motifs is 18. The zero-order valence-electron chi connectivity index (χ0n) is 61.9. The van der Waals surface area contributed by atoms with Gasteiger partial charge in [0.25, 0.3) is 10.1 Å². The molecule has 12 aromatic rings. The summed E-state index contributed by atoms with van der Waals surface area (Å²) in [6, 6.07) is 30.4. The molecule has 0 aliphatic carbocycles. The van der Waals surface area contributed by atoms with Crippen LogP contribution < -0.4 is 14.2 Å². The molecule has 2 spiro atoms. The molecule has 2 unspecified atom stereocenters. The normalized spacial score (nSPS) is 15.2. The second-order valence-corrected chi connectivity index (χ2v) is 34.4. The predicted molar refractivity (Wildman–Crippen MR) is 466 cm³/mol.